The van der Waals surface area contributed by atoms with Crippen molar-refractivity contribution in [3.8, 4) is 0 Å². The first-order chi connectivity index (χ1) is 9.04. The molecular formula is C15H22ClFN2O. The van der Waals surface area contributed by atoms with Gasteiger partial charge in [-0.25, -0.2) is 4.39 Å². The van der Waals surface area contributed by atoms with Gasteiger partial charge in [0.25, 0.3) is 0 Å². The SMILES string of the molecule is CC(CN)C(=O)N1CCC(C)C1c1cccc(F)c1.Cl. The second kappa shape index (κ2) is 7.04. The van der Waals surface area contributed by atoms with Gasteiger partial charge in [-0.1, -0.05) is 26.0 Å². The number of carbonyl (C=O) groups excluding carboxylic acids is 1. The number of nitrogens with two attached hydrogens (primary N) is 1. The maximum atomic E-state index is 13.4. The first-order valence-electron chi connectivity index (χ1n) is 6.80. The van der Waals surface area contributed by atoms with E-state index in [0.717, 1.165) is 18.5 Å². The molecule has 20 heavy (non-hydrogen) atoms. The van der Waals surface area contributed by atoms with Gasteiger partial charge in [0, 0.05) is 19.0 Å². The van der Waals surface area contributed by atoms with Crippen LogP contribution in [0.15, 0.2) is 24.3 Å². The van der Waals surface area contributed by atoms with E-state index < -0.39 is 0 Å². The van der Waals surface area contributed by atoms with Crippen molar-refractivity contribution in [3.63, 3.8) is 0 Å². The molecule has 0 bridgehead atoms. The molecule has 1 amide bonds. The van der Waals surface area contributed by atoms with Crippen molar-refractivity contribution < 1.29 is 9.18 Å². The molecule has 1 aromatic carbocycles. The van der Waals surface area contributed by atoms with E-state index >= 15 is 0 Å². The summed E-state index contributed by atoms with van der Waals surface area (Å²) in [7, 11) is 0. The molecule has 5 heteroatoms. The van der Waals surface area contributed by atoms with Crippen molar-refractivity contribution >= 4 is 18.3 Å². The molecule has 1 heterocycles. The molecule has 1 fully saturated rings. The summed E-state index contributed by atoms with van der Waals surface area (Å²) >= 11 is 0. The predicted octanol–water partition coefficient (Wildman–Crippen LogP) is 2.75. The Balaban J connectivity index is 0.00000200. The zero-order valence-electron chi connectivity index (χ0n) is 11.9. The molecule has 0 saturated carbocycles. The van der Waals surface area contributed by atoms with Crippen molar-refractivity contribution in [1.82, 2.24) is 4.90 Å². The van der Waals surface area contributed by atoms with Crippen LogP contribution >= 0.6 is 12.4 Å². The lowest BCUT2D eigenvalue weighted by Crippen LogP contribution is -2.38. The summed E-state index contributed by atoms with van der Waals surface area (Å²) in [5.74, 6) is -0.0194. The third-order valence-electron chi connectivity index (χ3n) is 3.95. The Labute approximate surface area is 125 Å². The van der Waals surface area contributed by atoms with Crippen LogP contribution in [0.1, 0.15) is 31.9 Å². The third-order valence-corrected chi connectivity index (χ3v) is 3.95. The first kappa shape index (κ1) is 16.9. The summed E-state index contributed by atoms with van der Waals surface area (Å²) in [5, 5.41) is 0. The summed E-state index contributed by atoms with van der Waals surface area (Å²) in [4.78, 5) is 14.2. The number of likely N-dealkylation sites (tertiary alicyclic amines) is 1. The molecule has 0 spiro atoms. The molecule has 2 rings (SSSR count). The molecule has 3 atom stereocenters. The molecule has 0 aromatic heterocycles. The highest BCUT2D eigenvalue weighted by Crippen LogP contribution is 2.37. The van der Waals surface area contributed by atoms with Crippen molar-refractivity contribution in [1.29, 1.82) is 0 Å². The van der Waals surface area contributed by atoms with Gasteiger partial charge >= 0.3 is 0 Å². The van der Waals surface area contributed by atoms with Gasteiger partial charge in [0.15, 0.2) is 0 Å². The Morgan fingerprint density at radius 1 is 1.55 bits per heavy atom. The minimum Gasteiger partial charge on any atom is -0.335 e. The van der Waals surface area contributed by atoms with Crippen LogP contribution in [0.25, 0.3) is 0 Å². The Kier molecular flexibility index (Phi) is 5.96. The van der Waals surface area contributed by atoms with Gasteiger partial charge in [-0.15, -0.1) is 12.4 Å². The molecule has 112 valence electrons. The number of nitrogens with zero attached hydrogens (tertiary/aromatic N) is 1. The summed E-state index contributed by atoms with van der Waals surface area (Å²) < 4.78 is 13.4. The second-order valence-corrected chi connectivity index (χ2v) is 5.43. The molecule has 1 saturated heterocycles. The van der Waals surface area contributed by atoms with Crippen LogP contribution in [0, 0.1) is 17.7 Å². The topological polar surface area (TPSA) is 46.3 Å². The van der Waals surface area contributed by atoms with Crippen LogP contribution in [-0.2, 0) is 4.79 Å². The zero-order chi connectivity index (χ0) is 14.0. The van der Waals surface area contributed by atoms with Crippen LogP contribution in [0.2, 0.25) is 0 Å². The summed E-state index contributed by atoms with van der Waals surface area (Å²) in [6, 6.07) is 6.52. The van der Waals surface area contributed by atoms with Crippen LogP contribution < -0.4 is 5.73 Å². The monoisotopic (exact) mass is 300 g/mol. The van der Waals surface area contributed by atoms with Gasteiger partial charge < -0.3 is 10.6 Å². The lowest BCUT2D eigenvalue weighted by atomic mass is 9.95. The largest absolute Gasteiger partial charge is 0.335 e. The number of benzene rings is 1. The van der Waals surface area contributed by atoms with E-state index in [-0.39, 0.29) is 36.1 Å². The van der Waals surface area contributed by atoms with Crippen molar-refractivity contribution in [2.24, 2.45) is 17.6 Å². The van der Waals surface area contributed by atoms with Gasteiger partial charge in [0.1, 0.15) is 5.82 Å². The predicted molar refractivity (Wildman–Crippen MR) is 80.1 cm³/mol. The fraction of sp³-hybridized carbons (Fsp3) is 0.533. The Bertz CT molecular complexity index is 469. The van der Waals surface area contributed by atoms with Crippen molar-refractivity contribution in [2.45, 2.75) is 26.3 Å². The van der Waals surface area contributed by atoms with E-state index in [1.807, 2.05) is 17.9 Å². The number of amides is 1. The van der Waals surface area contributed by atoms with E-state index in [1.54, 1.807) is 6.07 Å². The molecule has 2 N–H and O–H groups in total. The minimum absolute atomic E-state index is 0. The smallest absolute Gasteiger partial charge is 0.227 e. The van der Waals surface area contributed by atoms with Crippen LogP contribution in [-0.4, -0.2) is 23.9 Å². The molecule has 3 nitrogen and oxygen atoms in total. The zero-order valence-corrected chi connectivity index (χ0v) is 12.7. The van der Waals surface area contributed by atoms with E-state index in [2.05, 4.69) is 6.92 Å². The molecule has 1 aliphatic heterocycles. The Morgan fingerprint density at radius 2 is 2.25 bits per heavy atom. The number of hydrogen-bond acceptors (Lipinski definition) is 2. The summed E-state index contributed by atoms with van der Waals surface area (Å²) in [5.41, 5.74) is 6.45. The minimum atomic E-state index is -0.254. The maximum absolute atomic E-state index is 13.4. The van der Waals surface area contributed by atoms with Crippen LogP contribution in [0.4, 0.5) is 4.39 Å². The fourth-order valence-corrected chi connectivity index (χ4v) is 2.78. The number of carbonyl (C=O) groups is 1. The van der Waals surface area contributed by atoms with E-state index in [0.29, 0.717) is 12.5 Å². The van der Waals surface area contributed by atoms with Gasteiger partial charge in [-0.05, 0) is 30.0 Å². The quantitative estimate of drug-likeness (QED) is 0.933. The van der Waals surface area contributed by atoms with E-state index in [1.165, 1.54) is 12.1 Å². The van der Waals surface area contributed by atoms with Crippen LogP contribution in [0.3, 0.4) is 0 Å². The fourth-order valence-electron chi connectivity index (χ4n) is 2.78. The average Bonchev–Trinajstić information content (AvgIpc) is 2.78. The molecule has 0 aliphatic carbocycles. The molecular weight excluding hydrogens is 279 g/mol. The Morgan fingerprint density at radius 3 is 2.85 bits per heavy atom. The second-order valence-electron chi connectivity index (χ2n) is 5.43. The highest BCUT2D eigenvalue weighted by Gasteiger charge is 2.36. The average molecular weight is 301 g/mol. The third kappa shape index (κ3) is 3.30. The number of hydrogen-bond donors (Lipinski definition) is 1. The standard InChI is InChI=1S/C15H21FN2O.ClH/c1-10-6-7-18(15(19)11(2)9-17)14(10)12-4-3-5-13(16)8-12;/h3-5,8,10-11,14H,6-7,9,17H2,1-2H3;1H. The van der Waals surface area contributed by atoms with Crippen LogP contribution in [0.5, 0.6) is 0 Å². The summed E-state index contributed by atoms with van der Waals surface area (Å²) in [6.45, 7) is 5.02. The normalized spacial score (nSPS) is 23.3. The summed E-state index contributed by atoms with van der Waals surface area (Å²) in [6.07, 6.45) is 0.949. The van der Waals surface area contributed by atoms with Gasteiger partial charge in [-0.3, -0.25) is 4.79 Å². The first-order valence-corrected chi connectivity index (χ1v) is 6.80. The highest BCUT2D eigenvalue weighted by molar-refractivity contribution is 5.85. The maximum Gasteiger partial charge on any atom is 0.227 e. The van der Waals surface area contributed by atoms with E-state index in [4.69, 9.17) is 5.73 Å². The van der Waals surface area contributed by atoms with E-state index in [9.17, 15) is 9.18 Å². The molecule has 3 unspecified atom stereocenters. The lowest BCUT2D eigenvalue weighted by molar-refractivity contribution is -0.136. The van der Waals surface area contributed by atoms with Crippen molar-refractivity contribution in [2.75, 3.05) is 13.1 Å². The highest BCUT2D eigenvalue weighted by atomic mass is 35.5. The van der Waals surface area contributed by atoms with Crippen molar-refractivity contribution in [3.05, 3.63) is 35.6 Å². The number of halogens is 2. The Hall–Kier alpha value is -1.13. The van der Waals surface area contributed by atoms with Gasteiger partial charge in [-0.2, -0.15) is 0 Å². The molecule has 0 radical (unpaired) electrons. The lowest BCUT2D eigenvalue weighted by Gasteiger charge is -2.29. The van der Waals surface area contributed by atoms with Gasteiger partial charge in [0.05, 0.1) is 6.04 Å². The molecule has 1 aliphatic rings. The molecule has 1 aromatic rings. The van der Waals surface area contributed by atoms with Gasteiger partial charge in [0.2, 0.25) is 5.91 Å². The number of rotatable bonds is 3.